The summed E-state index contributed by atoms with van der Waals surface area (Å²) in [7, 11) is 0. The van der Waals surface area contributed by atoms with Crippen molar-refractivity contribution in [1.82, 2.24) is 14.8 Å². The Kier molecular flexibility index (Phi) is 2.90. The summed E-state index contributed by atoms with van der Waals surface area (Å²) in [4.78, 5) is 17.0. The van der Waals surface area contributed by atoms with E-state index in [9.17, 15) is 4.79 Å². The number of pyridine rings is 1. The smallest absolute Gasteiger partial charge is 0.213 e. The lowest BCUT2D eigenvalue weighted by atomic mass is 9.74. The van der Waals surface area contributed by atoms with Crippen molar-refractivity contribution in [3.63, 3.8) is 0 Å². The van der Waals surface area contributed by atoms with E-state index in [0.29, 0.717) is 29.2 Å². The van der Waals surface area contributed by atoms with E-state index in [2.05, 4.69) is 15.2 Å². The number of carbonyl (C=O) groups excluding carboxylic acids is 1. The van der Waals surface area contributed by atoms with Crippen LogP contribution in [0.25, 0.3) is 5.82 Å². The number of hydrazone groups is 1. The molecule has 2 heterocycles. The first-order chi connectivity index (χ1) is 9.95. The third-order valence-corrected chi connectivity index (χ3v) is 3.84. The Morgan fingerprint density at radius 1 is 1.38 bits per heavy atom. The lowest BCUT2D eigenvalue weighted by Crippen LogP contribution is -2.40. The van der Waals surface area contributed by atoms with E-state index >= 15 is 0 Å². The summed E-state index contributed by atoms with van der Waals surface area (Å²) >= 11 is 0. The average molecular weight is 283 g/mol. The molecule has 0 bridgehead atoms. The van der Waals surface area contributed by atoms with E-state index in [0.717, 1.165) is 5.69 Å². The van der Waals surface area contributed by atoms with E-state index in [1.165, 1.54) is 0 Å². The highest BCUT2D eigenvalue weighted by Gasteiger charge is 2.41. The molecule has 1 aliphatic carbocycles. The Labute approximate surface area is 122 Å². The molecule has 0 amide bonds. The molecule has 2 N–H and O–H groups in total. The van der Waals surface area contributed by atoms with Crippen LogP contribution >= 0.6 is 0 Å². The molecule has 108 valence electrons. The molecule has 2 aromatic rings. The predicted octanol–water partition coefficient (Wildman–Crippen LogP) is 1.66. The molecular weight excluding hydrogens is 266 g/mol. The topological polar surface area (TPSA) is 86.2 Å². The molecule has 0 unspecified atom stereocenters. The number of hydrogen-bond donors (Lipinski definition) is 1. The first kappa shape index (κ1) is 13.5. The number of carbonyl (C=O) groups is 1. The quantitative estimate of drug-likeness (QED) is 0.637. The van der Waals surface area contributed by atoms with Gasteiger partial charge in [-0.05, 0) is 19.1 Å². The average Bonchev–Trinajstić information content (AvgIpc) is 2.76. The second kappa shape index (κ2) is 4.51. The zero-order valence-electron chi connectivity index (χ0n) is 12.3. The van der Waals surface area contributed by atoms with Crippen LogP contribution in [0.5, 0.6) is 0 Å². The van der Waals surface area contributed by atoms with Crippen LogP contribution < -0.4 is 5.84 Å². The minimum Gasteiger partial charge on any atom is -0.323 e. The Bertz CT molecular complexity index is 743. The number of hydrogen-bond acceptors (Lipinski definition) is 5. The van der Waals surface area contributed by atoms with Crippen molar-refractivity contribution in [3.8, 4) is 5.82 Å². The van der Waals surface area contributed by atoms with Gasteiger partial charge in [0.15, 0.2) is 5.82 Å². The summed E-state index contributed by atoms with van der Waals surface area (Å²) < 4.78 is 1.75. The van der Waals surface area contributed by atoms with Crippen LogP contribution in [0.1, 0.15) is 35.6 Å². The summed E-state index contributed by atoms with van der Waals surface area (Å²) in [6.45, 7) is 5.75. The Morgan fingerprint density at radius 3 is 2.76 bits per heavy atom. The van der Waals surface area contributed by atoms with Gasteiger partial charge in [-0.25, -0.2) is 9.67 Å². The summed E-state index contributed by atoms with van der Waals surface area (Å²) in [6, 6.07) is 5.62. The second-order valence-electron chi connectivity index (χ2n) is 5.87. The summed E-state index contributed by atoms with van der Waals surface area (Å²) in [6.07, 6.45) is 2.35. The van der Waals surface area contributed by atoms with Crippen LogP contribution in [0, 0.1) is 12.3 Å². The number of fused-ring (bicyclic) bond motifs is 1. The zero-order chi connectivity index (χ0) is 15.2. The highest BCUT2D eigenvalue weighted by molar-refractivity contribution is 6.48. The summed E-state index contributed by atoms with van der Waals surface area (Å²) in [5, 5.41) is 8.20. The van der Waals surface area contributed by atoms with E-state index in [1.807, 2.05) is 39.0 Å². The van der Waals surface area contributed by atoms with Crippen molar-refractivity contribution in [2.24, 2.45) is 16.4 Å². The van der Waals surface area contributed by atoms with Gasteiger partial charge in [-0.3, -0.25) is 4.79 Å². The third-order valence-electron chi connectivity index (χ3n) is 3.84. The fourth-order valence-electron chi connectivity index (χ4n) is 2.86. The number of aryl methyl sites for hydroxylation is 1. The maximum atomic E-state index is 12.6. The van der Waals surface area contributed by atoms with Crippen molar-refractivity contribution < 1.29 is 4.79 Å². The maximum Gasteiger partial charge on any atom is 0.213 e. The number of rotatable bonds is 1. The van der Waals surface area contributed by atoms with Gasteiger partial charge in [0.25, 0.3) is 0 Å². The van der Waals surface area contributed by atoms with Gasteiger partial charge in [0, 0.05) is 18.0 Å². The second-order valence-corrected chi connectivity index (χ2v) is 5.87. The molecule has 6 heteroatoms. The lowest BCUT2D eigenvalue weighted by molar-refractivity contribution is 0.104. The Balaban J connectivity index is 2.24. The monoisotopic (exact) mass is 283 g/mol. The molecule has 21 heavy (non-hydrogen) atoms. The highest BCUT2D eigenvalue weighted by Crippen LogP contribution is 2.35. The molecule has 0 radical (unpaired) electrons. The van der Waals surface area contributed by atoms with Crippen LogP contribution in [0.4, 0.5) is 0 Å². The van der Waals surface area contributed by atoms with Gasteiger partial charge in [-0.15, -0.1) is 0 Å². The van der Waals surface area contributed by atoms with Crippen molar-refractivity contribution >= 4 is 11.5 Å². The molecule has 0 saturated carbocycles. The minimum atomic E-state index is -0.419. The summed E-state index contributed by atoms with van der Waals surface area (Å²) in [5.41, 5.74) is 2.13. The molecule has 6 nitrogen and oxygen atoms in total. The van der Waals surface area contributed by atoms with Crippen molar-refractivity contribution in [2.75, 3.05) is 0 Å². The molecule has 0 fully saturated rings. The van der Waals surface area contributed by atoms with Gasteiger partial charge in [-0.2, -0.15) is 10.2 Å². The van der Waals surface area contributed by atoms with Crippen LogP contribution in [0.2, 0.25) is 0 Å². The van der Waals surface area contributed by atoms with Crippen molar-refractivity contribution in [1.29, 1.82) is 0 Å². The molecule has 0 aliphatic heterocycles. The lowest BCUT2D eigenvalue weighted by Gasteiger charge is -2.30. The molecular formula is C15H17N5O. The van der Waals surface area contributed by atoms with E-state index < -0.39 is 5.41 Å². The fourth-order valence-corrected chi connectivity index (χ4v) is 2.86. The molecule has 1 aliphatic rings. The number of ketones is 1. The molecule has 0 aromatic carbocycles. The molecule has 0 saturated heterocycles. The normalized spacial score (nSPS) is 18.8. The van der Waals surface area contributed by atoms with E-state index in [4.69, 9.17) is 5.84 Å². The van der Waals surface area contributed by atoms with E-state index in [-0.39, 0.29) is 5.78 Å². The van der Waals surface area contributed by atoms with Gasteiger partial charge in [0.05, 0.1) is 17.0 Å². The highest BCUT2D eigenvalue weighted by atomic mass is 16.1. The fraction of sp³-hybridized carbons (Fsp3) is 0.333. The third kappa shape index (κ3) is 1.94. The molecule has 0 atom stereocenters. The number of aromatic nitrogens is 3. The number of nitrogens with two attached hydrogens (primary N) is 1. The zero-order valence-corrected chi connectivity index (χ0v) is 12.3. The molecule has 0 spiro atoms. The van der Waals surface area contributed by atoms with Gasteiger partial charge in [0.1, 0.15) is 5.71 Å². The van der Waals surface area contributed by atoms with Crippen LogP contribution in [-0.4, -0.2) is 26.3 Å². The largest absolute Gasteiger partial charge is 0.323 e. The minimum absolute atomic E-state index is 0.136. The van der Waals surface area contributed by atoms with Gasteiger partial charge in [0.2, 0.25) is 5.78 Å². The van der Waals surface area contributed by atoms with Gasteiger partial charge >= 0.3 is 0 Å². The first-order valence-corrected chi connectivity index (χ1v) is 6.78. The number of nitrogens with zero attached hydrogens (tertiary/aromatic N) is 4. The molecule has 3 rings (SSSR count). The summed E-state index contributed by atoms with van der Waals surface area (Å²) in [5.74, 6) is 5.99. The first-order valence-electron chi connectivity index (χ1n) is 6.78. The number of Topliss-reactive ketones (excluding diaryl/α,β-unsaturated/α-hetero) is 1. The standard InChI is InChI=1S/C15H17N5O/c1-9-12-10(8-15(2,3)14(18-16)13(12)21)20(19-9)11-6-4-5-7-17-11/h4-7H,8,16H2,1-3H3/b18-14-. The van der Waals surface area contributed by atoms with Crippen LogP contribution in [0.3, 0.4) is 0 Å². The van der Waals surface area contributed by atoms with Crippen LogP contribution in [-0.2, 0) is 6.42 Å². The molecule has 2 aromatic heterocycles. The van der Waals surface area contributed by atoms with E-state index in [1.54, 1.807) is 10.9 Å². The van der Waals surface area contributed by atoms with Crippen molar-refractivity contribution in [2.45, 2.75) is 27.2 Å². The van der Waals surface area contributed by atoms with Gasteiger partial charge in [-0.1, -0.05) is 19.9 Å². The van der Waals surface area contributed by atoms with Gasteiger partial charge < -0.3 is 5.84 Å². The van der Waals surface area contributed by atoms with Crippen molar-refractivity contribution in [3.05, 3.63) is 41.3 Å². The predicted molar refractivity (Wildman–Crippen MR) is 79.5 cm³/mol. The SMILES string of the molecule is Cc1nn(-c2ccccn2)c2c1C(=O)/C(=N/N)C(C)(C)C2. The Morgan fingerprint density at radius 2 is 2.14 bits per heavy atom. The Hall–Kier alpha value is -2.50. The maximum absolute atomic E-state index is 12.6. The van der Waals surface area contributed by atoms with Crippen LogP contribution in [0.15, 0.2) is 29.5 Å².